The zero-order valence-electron chi connectivity index (χ0n) is 16.6. The number of likely N-dealkylation sites (tertiary alicyclic amines) is 1. The van der Waals surface area contributed by atoms with E-state index in [0.29, 0.717) is 0 Å². The molecule has 1 atom stereocenters. The van der Waals surface area contributed by atoms with Crippen molar-refractivity contribution in [2.45, 2.75) is 57.3 Å². The van der Waals surface area contributed by atoms with Crippen LogP contribution < -0.4 is 10.6 Å². The SMILES string of the molecule is CCN(CC(=O)O)C1CC(NC(=O)NC2CCCN(Cc3ccccc3)C2)C1. The molecule has 0 radical (unpaired) electrons. The first-order valence-electron chi connectivity index (χ1n) is 10.3. The van der Waals surface area contributed by atoms with E-state index in [1.165, 1.54) is 5.56 Å². The monoisotopic (exact) mass is 388 g/mol. The third-order valence-corrected chi connectivity index (χ3v) is 5.80. The summed E-state index contributed by atoms with van der Waals surface area (Å²) < 4.78 is 0. The number of amides is 2. The number of nitrogens with one attached hydrogen (secondary N) is 2. The van der Waals surface area contributed by atoms with E-state index in [9.17, 15) is 9.59 Å². The molecule has 28 heavy (non-hydrogen) atoms. The van der Waals surface area contributed by atoms with Crippen molar-refractivity contribution < 1.29 is 14.7 Å². The van der Waals surface area contributed by atoms with Crippen LogP contribution in [-0.4, -0.2) is 71.2 Å². The summed E-state index contributed by atoms with van der Waals surface area (Å²) in [5, 5.41) is 15.1. The largest absolute Gasteiger partial charge is 0.480 e. The second-order valence-electron chi connectivity index (χ2n) is 7.96. The summed E-state index contributed by atoms with van der Waals surface area (Å²) >= 11 is 0. The van der Waals surface area contributed by atoms with Gasteiger partial charge in [-0.05, 0) is 44.3 Å². The minimum absolute atomic E-state index is 0.0689. The molecule has 1 saturated carbocycles. The highest BCUT2D eigenvalue weighted by molar-refractivity contribution is 5.74. The molecule has 7 nitrogen and oxygen atoms in total. The second-order valence-corrected chi connectivity index (χ2v) is 7.96. The number of carbonyl (C=O) groups excluding carboxylic acids is 1. The lowest BCUT2D eigenvalue weighted by Gasteiger charge is -2.42. The van der Waals surface area contributed by atoms with E-state index in [2.05, 4.69) is 39.8 Å². The van der Waals surface area contributed by atoms with Crippen molar-refractivity contribution >= 4 is 12.0 Å². The van der Waals surface area contributed by atoms with Gasteiger partial charge in [-0.3, -0.25) is 14.6 Å². The topological polar surface area (TPSA) is 84.9 Å². The summed E-state index contributed by atoms with van der Waals surface area (Å²) in [5.41, 5.74) is 1.30. The maximum atomic E-state index is 12.4. The molecule has 7 heteroatoms. The molecule has 1 saturated heterocycles. The third kappa shape index (κ3) is 5.94. The van der Waals surface area contributed by atoms with Gasteiger partial charge in [-0.15, -0.1) is 0 Å². The Bertz CT molecular complexity index is 648. The molecule has 2 fully saturated rings. The summed E-state index contributed by atoms with van der Waals surface area (Å²) in [6, 6.07) is 10.9. The van der Waals surface area contributed by atoms with E-state index < -0.39 is 5.97 Å². The molecule has 0 aromatic heterocycles. The molecule has 3 rings (SSSR count). The van der Waals surface area contributed by atoms with Gasteiger partial charge in [-0.1, -0.05) is 37.3 Å². The maximum Gasteiger partial charge on any atom is 0.317 e. The number of hydrogen-bond donors (Lipinski definition) is 3. The number of carboxylic acids is 1. The van der Waals surface area contributed by atoms with Gasteiger partial charge in [0.05, 0.1) is 6.54 Å². The van der Waals surface area contributed by atoms with E-state index >= 15 is 0 Å². The van der Waals surface area contributed by atoms with Gasteiger partial charge in [0.2, 0.25) is 0 Å². The average molecular weight is 389 g/mol. The van der Waals surface area contributed by atoms with Gasteiger partial charge >= 0.3 is 12.0 Å². The van der Waals surface area contributed by atoms with E-state index in [0.717, 1.165) is 51.9 Å². The van der Waals surface area contributed by atoms with Gasteiger partial charge in [-0.25, -0.2) is 4.79 Å². The van der Waals surface area contributed by atoms with Gasteiger partial charge in [0, 0.05) is 31.2 Å². The lowest BCUT2D eigenvalue weighted by molar-refractivity contribution is -0.139. The number of likely N-dealkylation sites (N-methyl/N-ethyl adjacent to an activating group) is 1. The molecule has 2 amide bonds. The summed E-state index contributed by atoms with van der Waals surface area (Å²) in [5.74, 6) is -0.798. The Kier molecular flexibility index (Phi) is 7.28. The van der Waals surface area contributed by atoms with Crippen LogP contribution in [0, 0.1) is 0 Å². The van der Waals surface area contributed by atoms with Crippen LogP contribution in [0.15, 0.2) is 30.3 Å². The number of carboxylic acid groups (broad SMARTS) is 1. The average Bonchev–Trinajstić information content (AvgIpc) is 2.63. The van der Waals surface area contributed by atoms with Crippen molar-refractivity contribution in [1.82, 2.24) is 20.4 Å². The number of urea groups is 1. The molecular formula is C21H32N4O3. The smallest absolute Gasteiger partial charge is 0.317 e. The Morgan fingerprint density at radius 3 is 2.57 bits per heavy atom. The Hall–Kier alpha value is -2.12. The number of aliphatic carboxylic acids is 1. The molecule has 1 heterocycles. The molecule has 1 aliphatic carbocycles. The number of rotatable bonds is 8. The molecule has 1 aliphatic heterocycles. The van der Waals surface area contributed by atoms with Crippen LogP contribution in [0.3, 0.4) is 0 Å². The van der Waals surface area contributed by atoms with Crippen LogP contribution in [0.2, 0.25) is 0 Å². The first-order valence-corrected chi connectivity index (χ1v) is 10.3. The van der Waals surface area contributed by atoms with Gasteiger partial charge in [0.15, 0.2) is 0 Å². The number of carbonyl (C=O) groups is 2. The van der Waals surface area contributed by atoms with Crippen molar-refractivity contribution in [2.24, 2.45) is 0 Å². The van der Waals surface area contributed by atoms with E-state index in [4.69, 9.17) is 5.11 Å². The minimum Gasteiger partial charge on any atom is -0.480 e. The number of nitrogens with zero attached hydrogens (tertiary/aromatic N) is 2. The summed E-state index contributed by atoms with van der Waals surface area (Å²) in [6.07, 6.45) is 3.73. The van der Waals surface area contributed by atoms with Gasteiger partial charge in [0.1, 0.15) is 0 Å². The van der Waals surface area contributed by atoms with Crippen molar-refractivity contribution in [3.63, 3.8) is 0 Å². The molecule has 2 aliphatic rings. The zero-order chi connectivity index (χ0) is 19.9. The number of benzene rings is 1. The zero-order valence-corrected chi connectivity index (χ0v) is 16.6. The highest BCUT2D eigenvalue weighted by Gasteiger charge is 2.35. The van der Waals surface area contributed by atoms with Crippen LogP contribution in [0.1, 0.15) is 38.2 Å². The first kappa shape index (κ1) is 20.6. The minimum atomic E-state index is -0.798. The molecule has 154 valence electrons. The van der Waals surface area contributed by atoms with Crippen LogP contribution in [0.5, 0.6) is 0 Å². The number of piperidine rings is 1. The molecule has 0 spiro atoms. The molecule has 1 aromatic carbocycles. The lowest BCUT2D eigenvalue weighted by atomic mass is 9.85. The highest BCUT2D eigenvalue weighted by atomic mass is 16.4. The van der Waals surface area contributed by atoms with Gasteiger partial charge in [-0.2, -0.15) is 0 Å². The maximum absolute atomic E-state index is 12.4. The Balaban J connectivity index is 1.37. The Labute approximate surface area is 167 Å². The highest BCUT2D eigenvalue weighted by Crippen LogP contribution is 2.25. The van der Waals surface area contributed by atoms with E-state index in [-0.39, 0.29) is 30.7 Å². The molecule has 0 bridgehead atoms. The Morgan fingerprint density at radius 2 is 1.89 bits per heavy atom. The van der Waals surface area contributed by atoms with Crippen LogP contribution in [0.4, 0.5) is 4.79 Å². The molecular weight excluding hydrogens is 356 g/mol. The van der Waals surface area contributed by atoms with Gasteiger partial charge in [0.25, 0.3) is 0 Å². The quantitative estimate of drug-likeness (QED) is 0.633. The van der Waals surface area contributed by atoms with Crippen molar-refractivity contribution in [3.05, 3.63) is 35.9 Å². The fraction of sp³-hybridized carbons (Fsp3) is 0.619. The van der Waals surface area contributed by atoms with Crippen LogP contribution >= 0.6 is 0 Å². The lowest BCUT2D eigenvalue weighted by Crippen LogP contribution is -2.58. The summed E-state index contributed by atoms with van der Waals surface area (Å²) in [4.78, 5) is 27.6. The summed E-state index contributed by atoms with van der Waals surface area (Å²) in [7, 11) is 0. The Morgan fingerprint density at radius 1 is 1.18 bits per heavy atom. The number of hydrogen-bond acceptors (Lipinski definition) is 4. The van der Waals surface area contributed by atoms with E-state index in [1.54, 1.807) is 0 Å². The van der Waals surface area contributed by atoms with Crippen molar-refractivity contribution in [3.8, 4) is 0 Å². The molecule has 1 unspecified atom stereocenters. The summed E-state index contributed by atoms with van der Waals surface area (Å²) in [6.45, 7) is 5.62. The van der Waals surface area contributed by atoms with Gasteiger partial charge < -0.3 is 15.7 Å². The second kappa shape index (κ2) is 9.89. The predicted octanol–water partition coefficient (Wildman–Crippen LogP) is 1.89. The van der Waals surface area contributed by atoms with Crippen molar-refractivity contribution in [2.75, 3.05) is 26.2 Å². The predicted molar refractivity (Wildman–Crippen MR) is 108 cm³/mol. The fourth-order valence-corrected chi connectivity index (χ4v) is 4.25. The van der Waals surface area contributed by atoms with Crippen molar-refractivity contribution in [1.29, 1.82) is 0 Å². The van der Waals surface area contributed by atoms with Crippen LogP contribution in [0.25, 0.3) is 0 Å². The first-order chi connectivity index (χ1) is 13.5. The molecule has 1 aromatic rings. The van der Waals surface area contributed by atoms with E-state index in [1.807, 2.05) is 17.9 Å². The third-order valence-electron chi connectivity index (χ3n) is 5.80. The normalized spacial score (nSPS) is 25.1. The standard InChI is InChI=1S/C21H32N4O3/c1-2-25(15-20(26)27)19-11-18(12-19)23-21(28)22-17-9-6-10-24(14-17)13-16-7-4-3-5-8-16/h3-5,7-8,17-19H,2,6,9-15H2,1H3,(H,26,27)(H2,22,23,28). The van der Waals surface area contributed by atoms with Crippen LogP contribution in [-0.2, 0) is 11.3 Å². The fourth-order valence-electron chi connectivity index (χ4n) is 4.25. The molecule has 3 N–H and O–H groups in total.